The SMILES string of the molecule is Cc1cc(NCc2cccc(Cl)c2O)ccc1F. The normalized spacial score (nSPS) is 10.4. The van der Waals surface area contributed by atoms with Crippen molar-refractivity contribution in [2.24, 2.45) is 0 Å². The number of hydrogen-bond donors (Lipinski definition) is 2. The van der Waals surface area contributed by atoms with E-state index in [1.807, 2.05) is 0 Å². The second-order valence-corrected chi connectivity index (χ2v) is 4.47. The first-order valence-corrected chi connectivity index (χ1v) is 5.92. The Morgan fingerprint density at radius 2 is 2.06 bits per heavy atom. The Hall–Kier alpha value is -1.74. The lowest BCUT2D eigenvalue weighted by molar-refractivity contribution is 0.469. The van der Waals surface area contributed by atoms with Crippen molar-refractivity contribution >= 4 is 17.3 Å². The van der Waals surface area contributed by atoms with Gasteiger partial charge in [0.05, 0.1) is 5.02 Å². The van der Waals surface area contributed by atoms with Crippen LogP contribution >= 0.6 is 11.6 Å². The largest absolute Gasteiger partial charge is 0.506 e. The fourth-order valence-electron chi connectivity index (χ4n) is 1.65. The molecular formula is C14H13ClFNO. The number of hydrogen-bond acceptors (Lipinski definition) is 2. The topological polar surface area (TPSA) is 32.3 Å². The van der Waals surface area contributed by atoms with Gasteiger partial charge in [-0.15, -0.1) is 0 Å². The number of phenols is 1. The van der Waals surface area contributed by atoms with Crippen molar-refractivity contribution < 1.29 is 9.50 Å². The van der Waals surface area contributed by atoms with Gasteiger partial charge in [0.1, 0.15) is 11.6 Å². The Morgan fingerprint density at radius 1 is 1.28 bits per heavy atom. The zero-order chi connectivity index (χ0) is 13.1. The third kappa shape index (κ3) is 2.74. The van der Waals surface area contributed by atoms with E-state index >= 15 is 0 Å². The van der Waals surface area contributed by atoms with Gasteiger partial charge in [0.15, 0.2) is 0 Å². The van der Waals surface area contributed by atoms with Crippen LogP contribution in [0.1, 0.15) is 11.1 Å². The first kappa shape index (κ1) is 12.7. The predicted molar refractivity (Wildman–Crippen MR) is 71.6 cm³/mol. The van der Waals surface area contributed by atoms with E-state index in [1.165, 1.54) is 6.07 Å². The van der Waals surface area contributed by atoms with E-state index in [0.29, 0.717) is 22.7 Å². The third-order valence-electron chi connectivity index (χ3n) is 2.71. The molecule has 0 saturated carbocycles. The molecule has 0 saturated heterocycles. The summed E-state index contributed by atoms with van der Waals surface area (Å²) in [5, 5.41) is 13.2. The van der Waals surface area contributed by atoms with E-state index in [4.69, 9.17) is 11.6 Å². The van der Waals surface area contributed by atoms with E-state index in [0.717, 1.165) is 5.69 Å². The summed E-state index contributed by atoms with van der Waals surface area (Å²) in [6, 6.07) is 9.97. The van der Waals surface area contributed by atoms with Gasteiger partial charge in [0, 0.05) is 17.8 Å². The Morgan fingerprint density at radius 3 is 2.78 bits per heavy atom. The number of para-hydroxylation sites is 1. The number of aryl methyl sites for hydroxylation is 1. The lowest BCUT2D eigenvalue weighted by Crippen LogP contribution is -2.00. The molecule has 4 heteroatoms. The summed E-state index contributed by atoms with van der Waals surface area (Å²) in [5.74, 6) is -0.156. The van der Waals surface area contributed by atoms with Gasteiger partial charge in [0.2, 0.25) is 0 Å². The van der Waals surface area contributed by atoms with Gasteiger partial charge in [-0.3, -0.25) is 0 Å². The molecule has 0 spiro atoms. The number of anilines is 1. The quantitative estimate of drug-likeness (QED) is 0.875. The first-order valence-electron chi connectivity index (χ1n) is 5.54. The van der Waals surface area contributed by atoms with E-state index in [9.17, 15) is 9.50 Å². The summed E-state index contributed by atoms with van der Waals surface area (Å²) in [4.78, 5) is 0. The van der Waals surface area contributed by atoms with Gasteiger partial charge in [-0.25, -0.2) is 4.39 Å². The fourth-order valence-corrected chi connectivity index (χ4v) is 1.85. The molecule has 94 valence electrons. The van der Waals surface area contributed by atoms with Crippen molar-refractivity contribution in [1.82, 2.24) is 0 Å². The maximum Gasteiger partial charge on any atom is 0.139 e. The molecule has 0 heterocycles. The minimum atomic E-state index is -0.230. The predicted octanol–water partition coefficient (Wildman–Crippen LogP) is 4.11. The maximum atomic E-state index is 13.1. The van der Waals surface area contributed by atoms with E-state index in [1.54, 1.807) is 37.3 Å². The highest BCUT2D eigenvalue weighted by Gasteiger charge is 2.05. The number of halogens is 2. The average molecular weight is 266 g/mol. The summed E-state index contributed by atoms with van der Waals surface area (Å²) in [6.07, 6.45) is 0. The molecule has 0 radical (unpaired) electrons. The minimum Gasteiger partial charge on any atom is -0.506 e. The zero-order valence-corrected chi connectivity index (χ0v) is 10.6. The lowest BCUT2D eigenvalue weighted by atomic mass is 10.1. The molecule has 0 aromatic heterocycles. The zero-order valence-electron chi connectivity index (χ0n) is 9.87. The molecule has 0 unspecified atom stereocenters. The molecule has 18 heavy (non-hydrogen) atoms. The third-order valence-corrected chi connectivity index (χ3v) is 3.02. The summed E-state index contributed by atoms with van der Waals surface area (Å²) in [5.41, 5.74) is 2.08. The van der Waals surface area contributed by atoms with Crippen LogP contribution in [-0.4, -0.2) is 5.11 Å². The number of phenolic OH excluding ortho intramolecular Hbond substituents is 1. The highest BCUT2D eigenvalue weighted by atomic mass is 35.5. The van der Waals surface area contributed by atoms with Crippen LogP contribution < -0.4 is 5.32 Å². The van der Waals surface area contributed by atoms with Crippen molar-refractivity contribution in [3.05, 3.63) is 58.4 Å². The number of benzene rings is 2. The minimum absolute atomic E-state index is 0.0745. The molecule has 2 rings (SSSR count). The molecule has 0 amide bonds. The second-order valence-electron chi connectivity index (χ2n) is 4.07. The summed E-state index contributed by atoms with van der Waals surface area (Å²) >= 11 is 5.81. The Kier molecular flexibility index (Phi) is 3.72. The molecule has 2 aromatic carbocycles. The van der Waals surface area contributed by atoms with Gasteiger partial charge in [-0.05, 0) is 36.8 Å². The molecular weight excluding hydrogens is 253 g/mol. The Labute approximate surface area is 110 Å². The summed E-state index contributed by atoms with van der Waals surface area (Å²) < 4.78 is 13.1. The molecule has 2 N–H and O–H groups in total. The monoisotopic (exact) mass is 265 g/mol. The smallest absolute Gasteiger partial charge is 0.139 e. The molecule has 2 aromatic rings. The summed E-state index contributed by atoms with van der Waals surface area (Å²) in [7, 11) is 0. The Bertz CT molecular complexity index is 572. The second kappa shape index (κ2) is 5.27. The number of rotatable bonds is 3. The van der Waals surface area contributed by atoms with E-state index < -0.39 is 0 Å². The molecule has 0 aliphatic carbocycles. The molecule has 2 nitrogen and oxygen atoms in total. The first-order chi connectivity index (χ1) is 8.58. The van der Waals surface area contributed by atoms with Crippen LogP contribution in [0.15, 0.2) is 36.4 Å². The number of nitrogens with one attached hydrogen (secondary N) is 1. The highest BCUT2D eigenvalue weighted by Crippen LogP contribution is 2.27. The van der Waals surface area contributed by atoms with Crippen molar-refractivity contribution in [3.8, 4) is 5.75 Å². The fraction of sp³-hybridized carbons (Fsp3) is 0.143. The molecule has 0 aliphatic rings. The van der Waals surface area contributed by atoms with Crippen molar-refractivity contribution in [2.75, 3.05) is 5.32 Å². The standard InChI is InChI=1S/C14H13ClFNO/c1-9-7-11(5-6-13(9)16)17-8-10-3-2-4-12(15)14(10)18/h2-7,17-18H,8H2,1H3. The van der Waals surface area contributed by atoms with Crippen LogP contribution in [0, 0.1) is 12.7 Å². The average Bonchev–Trinajstić information content (AvgIpc) is 2.35. The highest BCUT2D eigenvalue weighted by molar-refractivity contribution is 6.32. The molecule has 0 atom stereocenters. The van der Waals surface area contributed by atoms with Crippen LogP contribution in [0.5, 0.6) is 5.75 Å². The van der Waals surface area contributed by atoms with Crippen LogP contribution in [0.2, 0.25) is 5.02 Å². The molecule has 0 aliphatic heterocycles. The lowest BCUT2D eigenvalue weighted by Gasteiger charge is -2.09. The van der Waals surface area contributed by atoms with Gasteiger partial charge >= 0.3 is 0 Å². The van der Waals surface area contributed by atoms with Gasteiger partial charge in [-0.1, -0.05) is 23.7 Å². The Balaban J connectivity index is 2.11. The van der Waals surface area contributed by atoms with Crippen LogP contribution in [0.4, 0.5) is 10.1 Å². The van der Waals surface area contributed by atoms with Gasteiger partial charge < -0.3 is 10.4 Å². The van der Waals surface area contributed by atoms with Crippen molar-refractivity contribution in [3.63, 3.8) is 0 Å². The number of aromatic hydroxyl groups is 1. The summed E-state index contributed by atoms with van der Waals surface area (Å²) in [6.45, 7) is 2.13. The van der Waals surface area contributed by atoms with Gasteiger partial charge in [-0.2, -0.15) is 0 Å². The van der Waals surface area contributed by atoms with Crippen molar-refractivity contribution in [2.45, 2.75) is 13.5 Å². The maximum absolute atomic E-state index is 13.1. The van der Waals surface area contributed by atoms with E-state index in [2.05, 4.69) is 5.32 Å². The van der Waals surface area contributed by atoms with Crippen molar-refractivity contribution in [1.29, 1.82) is 0 Å². The van der Waals surface area contributed by atoms with Gasteiger partial charge in [0.25, 0.3) is 0 Å². The molecule has 0 bridgehead atoms. The van der Waals surface area contributed by atoms with Crippen LogP contribution in [0.3, 0.4) is 0 Å². The van der Waals surface area contributed by atoms with Crippen LogP contribution in [0.25, 0.3) is 0 Å². The molecule has 0 fully saturated rings. The van der Waals surface area contributed by atoms with E-state index in [-0.39, 0.29) is 11.6 Å². The van der Waals surface area contributed by atoms with Crippen LogP contribution in [-0.2, 0) is 6.54 Å².